The predicted molar refractivity (Wildman–Crippen MR) is 110 cm³/mol. The zero-order valence-electron chi connectivity index (χ0n) is 17.1. The van der Waals surface area contributed by atoms with Crippen LogP contribution in [0.3, 0.4) is 0 Å². The summed E-state index contributed by atoms with van der Waals surface area (Å²) in [6, 6.07) is 5.47. The number of ether oxygens (including phenoxy) is 1. The number of urea groups is 1. The van der Waals surface area contributed by atoms with Crippen LogP contribution in [0, 0.1) is 5.92 Å². The first-order valence-corrected chi connectivity index (χ1v) is 10.4. The van der Waals surface area contributed by atoms with Gasteiger partial charge in [-0.05, 0) is 36.5 Å². The molecule has 4 amide bonds. The van der Waals surface area contributed by atoms with Crippen LogP contribution in [0.25, 0.3) is 0 Å². The predicted octanol–water partition coefficient (Wildman–Crippen LogP) is 2.56. The van der Waals surface area contributed by atoms with Gasteiger partial charge in [0.1, 0.15) is 12.1 Å². The van der Waals surface area contributed by atoms with Gasteiger partial charge in [-0.15, -0.1) is 0 Å². The first kappa shape index (κ1) is 22.1. The van der Waals surface area contributed by atoms with E-state index in [1.165, 1.54) is 7.11 Å². The molecule has 9 heteroatoms. The molecule has 0 unspecified atom stereocenters. The lowest BCUT2D eigenvalue weighted by atomic mass is 9.73. The lowest BCUT2D eigenvalue weighted by Gasteiger charge is -2.36. The van der Waals surface area contributed by atoms with E-state index >= 15 is 0 Å². The Kier molecular flexibility index (Phi) is 6.65. The molecule has 162 valence electrons. The summed E-state index contributed by atoms with van der Waals surface area (Å²) in [5.74, 6) is -1.38. The van der Waals surface area contributed by atoms with Crippen molar-refractivity contribution in [2.24, 2.45) is 5.92 Å². The molecule has 1 heterocycles. The van der Waals surface area contributed by atoms with E-state index in [9.17, 15) is 19.2 Å². The Balaban J connectivity index is 1.71. The number of methoxy groups -OCH3 is 1. The normalized spacial score (nSPS) is 24.5. The second-order valence-electron chi connectivity index (χ2n) is 7.89. The lowest BCUT2D eigenvalue weighted by molar-refractivity contribution is -0.142. The van der Waals surface area contributed by atoms with Gasteiger partial charge in [-0.1, -0.05) is 43.5 Å². The summed E-state index contributed by atoms with van der Waals surface area (Å²) in [6.45, 7) is 1.54. The molecule has 2 aliphatic rings. The second-order valence-corrected chi connectivity index (χ2v) is 8.33. The fourth-order valence-electron chi connectivity index (χ4n) is 4.22. The molecule has 1 aromatic rings. The number of amides is 4. The minimum Gasteiger partial charge on any atom is -0.469 e. The monoisotopic (exact) mass is 435 g/mol. The van der Waals surface area contributed by atoms with Crippen molar-refractivity contribution in [2.45, 2.75) is 50.6 Å². The van der Waals surface area contributed by atoms with Crippen LogP contribution in [0.5, 0.6) is 0 Å². The number of benzene rings is 1. The number of hydrogen-bond acceptors (Lipinski definition) is 5. The Morgan fingerprint density at radius 1 is 1.30 bits per heavy atom. The van der Waals surface area contributed by atoms with Gasteiger partial charge in [0.05, 0.1) is 19.6 Å². The maximum atomic E-state index is 13.0. The van der Waals surface area contributed by atoms with E-state index in [-0.39, 0.29) is 18.2 Å². The average molecular weight is 436 g/mol. The van der Waals surface area contributed by atoms with Gasteiger partial charge in [-0.25, -0.2) is 4.79 Å². The maximum Gasteiger partial charge on any atom is 0.325 e. The van der Waals surface area contributed by atoms with E-state index in [4.69, 9.17) is 16.3 Å². The number of halogens is 1. The smallest absolute Gasteiger partial charge is 0.325 e. The molecule has 3 atom stereocenters. The third-order valence-electron chi connectivity index (χ3n) is 6.01. The molecule has 1 saturated heterocycles. The van der Waals surface area contributed by atoms with Crippen LogP contribution in [0.15, 0.2) is 24.3 Å². The standard InChI is InChI=1S/C21H26ClN3O5/c1-13-5-3-4-10-21(13)19(28)25(20(29)24-21)12-17(26)23-16(11-18(27)30-2)14-6-8-15(22)9-7-14/h6-9,13,16H,3-5,10-12H2,1-2H3,(H,23,26)(H,24,29)/t13-,16-,21-/m0/s1. The van der Waals surface area contributed by atoms with Gasteiger partial charge in [0, 0.05) is 5.02 Å². The summed E-state index contributed by atoms with van der Waals surface area (Å²) >= 11 is 5.92. The Bertz CT molecular complexity index is 844. The molecule has 8 nitrogen and oxygen atoms in total. The van der Waals surface area contributed by atoms with Crippen LogP contribution in [-0.4, -0.2) is 47.9 Å². The molecule has 1 aliphatic heterocycles. The highest BCUT2D eigenvalue weighted by Gasteiger charge is 2.55. The van der Waals surface area contributed by atoms with Gasteiger partial charge in [-0.2, -0.15) is 0 Å². The summed E-state index contributed by atoms with van der Waals surface area (Å²) in [7, 11) is 1.26. The fourth-order valence-corrected chi connectivity index (χ4v) is 4.35. The number of rotatable bonds is 6. The van der Waals surface area contributed by atoms with Crippen molar-refractivity contribution in [1.82, 2.24) is 15.5 Å². The molecular formula is C21H26ClN3O5. The number of nitrogens with one attached hydrogen (secondary N) is 2. The number of carbonyl (C=O) groups excluding carboxylic acids is 4. The van der Waals surface area contributed by atoms with Gasteiger partial charge in [0.25, 0.3) is 5.91 Å². The summed E-state index contributed by atoms with van der Waals surface area (Å²) in [6.07, 6.45) is 3.21. The topological polar surface area (TPSA) is 105 Å². The van der Waals surface area contributed by atoms with E-state index in [1.807, 2.05) is 6.92 Å². The van der Waals surface area contributed by atoms with Gasteiger partial charge >= 0.3 is 12.0 Å². The van der Waals surface area contributed by atoms with Crippen LogP contribution in [0.4, 0.5) is 4.79 Å². The van der Waals surface area contributed by atoms with Gasteiger partial charge in [0.15, 0.2) is 0 Å². The van der Waals surface area contributed by atoms with Gasteiger partial charge < -0.3 is 15.4 Å². The summed E-state index contributed by atoms with van der Waals surface area (Å²) in [4.78, 5) is 51.0. The zero-order chi connectivity index (χ0) is 21.9. The Labute approximate surface area is 180 Å². The number of imide groups is 1. The van der Waals surface area contributed by atoms with Crippen LogP contribution >= 0.6 is 11.6 Å². The first-order chi connectivity index (χ1) is 14.3. The van der Waals surface area contributed by atoms with Crippen molar-refractivity contribution in [2.75, 3.05) is 13.7 Å². The molecule has 2 fully saturated rings. The van der Waals surface area contributed by atoms with E-state index in [0.29, 0.717) is 17.0 Å². The average Bonchev–Trinajstić information content (AvgIpc) is 2.95. The van der Waals surface area contributed by atoms with Crippen LogP contribution in [0.1, 0.15) is 50.6 Å². The summed E-state index contributed by atoms with van der Waals surface area (Å²) < 4.78 is 4.72. The molecule has 1 saturated carbocycles. The van der Waals surface area contributed by atoms with Crippen molar-refractivity contribution in [3.05, 3.63) is 34.9 Å². The van der Waals surface area contributed by atoms with E-state index < -0.39 is 36.0 Å². The molecule has 0 bridgehead atoms. The minimum atomic E-state index is -0.919. The number of esters is 1. The maximum absolute atomic E-state index is 13.0. The highest BCUT2D eigenvalue weighted by atomic mass is 35.5. The highest BCUT2D eigenvalue weighted by Crippen LogP contribution is 2.38. The third kappa shape index (κ3) is 4.43. The first-order valence-electron chi connectivity index (χ1n) is 10.0. The van der Waals surface area contributed by atoms with Crippen molar-refractivity contribution < 1.29 is 23.9 Å². The van der Waals surface area contributed by atoms with E-state index in [1.54, 1.807) is 24.3 Å². The van der Waals surface area contributed by atoms with E-state index in [2.05, 4.69) is 10.6 Å². The van der Waals surface area contributed by atoms with Crippen molar-refractivity contribution in [3.63, 3.8) is 0 Å². The van der Waals surface area contributed by atoms with Crippen molar-refractivity contribution >= 4 is 35.4 Å². The largest absolute Gasteiger partial charge is 0.469 e. The second kappa shape index (κ2) is 9.04. The molecule has 3 rings (SSSR count). The quantitative estimate of drug-likeness (QED) is 0.527. The highest BCUT2D eigenvalue weighted by molar-refractivity contribution is 6.30. The Hall–Kier alpha value is -2.61. The number of carbonyl (C=O) groups is 4. The van der Waals surface area contributed by atoms with Crippen molar-refractivity contribution in [3.8, 4) is 0 Å². The third-order valence-corrected chi connectivity index (χ3v) is 6.26. The van der Waals surface area contributed by atoms with Crippen molar-refractivity contribution in [1.29, 1.82) is 0 Å². The molecule has 30 heavy (non-hydrogen) atoms. The lowest BCUT2D eigenvalue weighted by Crippen LogP contribution is -2.54. The van der Waals surface area contributed by atoms with Crippen LogP contribution < -0.4 is 10.6 Å². The molecule has 1 spiro atoms. The number of nitrogens with zero attached hydrogens (tertiary/aromatic N) is 1. The minimum absolute atomic E-state index is 0.0110. The fraction of sp³-hybridized carbons (Fsp3) is 0.524. The Morgan fingerprint density at radius 2 is 2.00 bits per heavy atom. The molecule has 0 aromatic heterocycles. The van der Waals surface area contributed by atoms with Gasteiger partial charge in [0.2, 0.25) is 5.91 Å². The van der Waals surface area contributed by atoms with E-state index in [0.717, 1.165) is 24.2 Å². The molecule has 1 aliphatic carbocycles. The SMILES string of the molecule is COC(=O)C[C@H](NC(=O)CN1C(=O)N[C@]2(CCCC[C@@H]2C)C1=O)c1ccc(Cl)cc1. The summed E-state index contributed by atoms with van der Waals surface area (Å²) in [5.41, 5.74) is -0.260. The number of hydrogen-bond donors (Lipinski definition) is 2. The molecule has 0 radical (unpaired) electrons. The summed E-state index contributed by atoms with van der Waals surface area (Å²) in [5, 5.41) is 6.08. The molecule has 2 N–H and O–H groups in total. The molecular weight excluding hydrogens is 410 g/mol. The molecule has 1 aromatic carbocycles. The van der Waals surface area contributed by atoms with Crippen LogP contribution in [-0.2, 0) is 19.1 Å². The zero-order valence-corrected chi connectivity index (χ0v) is 17.8. The van der Waals surface area contributed by atoms with Crippen LogP contribution in [0.2, 0.25) is 5.02 Å². The van der Waals surface area contributed by atoms with Gasteiger partial charge in [-0.3, -0.25) is 19.3 Å². The Morgan fingerprint density at radius 3 is 2.63 bits per heavy atom.